The Kier molecular flexibility index (Phi) is 2.29. The van der Waals surface area contributed by atoms with Crippen molar-refractivity contribution in [3.63, 3.8) is 0 Å². The molecule has 1 aliphatic heterocycles. The van der Waals surface area contributed by atoms with E-state index in [1.165, 1.54) is 23.1 Å². The Bertz CT molecular complexity index is 519. The van der Waals surface area contributed by atoms with Gasteiger partial charge in [-0.2, -0.15) is 0 Å². The fourth-order valence-corrected chi connectivity index (χ4v) is 2.89. The minimum absolute atomic E-state index is 0.0242. The lowest BCUT2D eigenvalue weighted by Crippen LogP contribution is -2.46. The van der Waals surface area contributed by atoms with Crippen molar-refractivity contribution < 1.29 is 14.7 Å². The second-order valence-corrected chi connectivity index (χ2v) is 4.96. The van der Waals surface area contributed by atoms with Crippen LogP contribution in [0.4, 0.5) is 11.4 Å². The van der Waals surface area contributed by atoms with Crippen LogP contribution in [0.2, 0.25) is 0 Å². The van der Waals surface area contributed by atoms with E-state index in [1.54, 1.807) is 0 Å². The molecule has 94 valence electrons. The summed E-state index contributed by atoms with van der Waals surface area (Å²) in [6.07, 6.45) is 2.24. The number of nitrogens with zero attached hydrogens (tertiary/aromatic N) is 1. The van der Waals surface area contributed by atoms with Crippen molar-refractivity contribution in [2.45, 2.75) is 19.3 Å². The van der Waals surface area contributed by atoms with Gasteiger partial charge in [0.1, 0.15) is 5.75 Å². The number of hydrogen-bond donors (Lipinski definition) is 2. The standard InChI is InChI=1S/C13H14N2O3/c14-10-6-9(16)3-4-11(10)15-12(17)7-1-2-8(5-7)13(15)18/h3-4,6-8,16H,1-2,5,14H2. The van der Waals surface area contributed by atoms with Gasteiger partial charge in [0.2, 0.25) is 11.8 Å². The first-order valence-corrected chi connectivity index (χ1v) is 6.04. The molecule has 1 heterocycles. The van der Waals surface area contributed by atoms with Crippen LogP contribution in [-0.2, 0) is 9.59 Å². The largest absolute Gasteiger partial charge is 0.508 e. The van der Waals surface area contributed by atoms with Gasteiger partial charge >= 0.3 is 0 Å². The van der Waals surface area contributed by atoms with E-state index in [-0.39, 0.29) is 35.1 Å². The number of rotatable bonds is 1. The number of amides is 2. The number of hydrogen-bond acceptors (Lipinski definition) is 4. The number of phenolic OH excluding ortho intramolecular Hbond substituents is 1. The Balaban J connectivity index is 2.05. The first-order chi connectivity index (χ1) is 8.58. The van der Waals surface area contributed by atoms with Crippen LogP contribution >= 0.6 is 0 Å². The zero-order chi connectivity index (χ0) is 12.9. The Morgan fingerprint density at radius 1 is 1.17 bits per heavy atom. The number of imide groups is 1. The zero-order valence-corrected chi connectivity index (χ0v) is 9.80. The van der Waals surface area contributed by atoms with Crippen molar-refractivity contribution in [2.24, 2.45) is 11.8 Å². The number of benzene rings is 1. The second-order valence-electron chi connectivity index (χ2n) is 4.96. The van der Waals surface area contributed by atoms with Gasteiger partial charge in [-0.05, 0) is 31.4 Å². The lowest BCUT2D eigenvalue weighted by molar-refractivity contribution is -0.132. The molecule has 2 atom stereocenters. The van der Waals surface area contributed by atoms with Crippen LogP contribution in [0.3, 0.4) is 0 Å². The van der Waals surface area contributed by atoms with Crippen molar-refractivity contribution in [2.75, 3.05) is 10.6 Å². The molecule has 3 N–H and O–H groups in total. The summed E-state index contributed by atoms with van der Waals surface area (Å²) in [6, 6.07) is 4.31. The molecule has 1 aromatic carbocycles. The van der Waals surface area contributed by atoms with Gasteiger partial charge in [-0.1, -0.05) is 0 Å². The van der Waals surface area contributed by atoms with Gasteiger partial charge in [-0.25, -0.2) is 4.90 Å². The molecule has 2 amide bonds. The van der Waals surface area contributed by atoms with Gasteiger partial charge in [-0.15, -0.1) is 0 Å². The SMILES string of the molecule is Nc1cc(O)ccc1N1C(=O)C2CCC(C2)C1=O. The van der Waals surface area contributed by atoms with E-state index in [4.69, 9.17) is 5.73 Å². The maximum Gasteiger partial charge on any atom is 0.236 e. The van der Waals surface area contributed by atoms with E-state index in [0.29, 0.717) is 12.1 Å². The van der Waals surface area contributed by atoms with Crippen molar-refractivity contribution in [3.8, 4) is 5.75 Å². The lowest BCUT2D eigenvalue weighted by Gasteiger charge is -2.30. The lowest BCUT2D eigenvalue weighted by atomic mass is 9.96. The highest BCUT2D eigenvalue weighted by molar-refractivity contribution is 6.20. The summed E-state index contributed by atoms with van der Waals surface area (Å²) in [6.45, 7) is 0. The van der Waals surface area contributed by atoms with Crippen molar-refractivity contribution in [3.05, 3.63) is 18.2 Å². The molecule has 5 nitrogen and oxygen atoms in total. The van der Waals surface area contributed by atoms with Gasteiger partial charge in [0.05, 0.1) is 11.4 Å². The minimum Gasteiger partial charge on any atom is -0.508 e. The molecule has 18 heavy (non-hydrogen) atoms. The van der Waals surface area contributed by atoms with Crippen LogP contribution < -0.4 is 10.6 Å². The van der Waals surface area contributed by atoms with Crippen LogP contribution in [0.25, 0.3) is 0 Å². The van der Waals surface area contributed by atoms with E-state index < -0.39 is 0 Å². The van der Waals surface area contributed by atoms with E-state index in [1.807, 2.05) is 0 Å². The topological polar surface area (TPSA) is 83.6 Å². The van der Waals surface area contributed by atoms with Crippen LogP contribution in [0, 0.1) is 11.8 Å². The molecular formula is C13H14N2O3. The number of nitrogens with two attached hydrogens (primary N) is 1. The fourth-order valence-electron chi connectivity index (χ4n) is 2.89. The molecule has 2 aliphatic rings. The van der Waals surface area contributed by atoms with Gasteiger partial charge < -0.3 is 10.8 Å². The third kappa shape index (κ3) is 1.47. The number of phenols is 1. The van der Waals surface area contributed by atoms with Gasteiger partial charge in [0, 0.05) is 17.9 Å². The molecule has 0 radical (unpaired) electrons. The second kappa shape index (κ2) is 3.73. The Morgan fingerprint density at radius 2 is 1.78 bits per heavy atom. The van der Waals surface area contributed by atoms with Crippen molar-refractivity contribution >= 4 is 23.2 Å². The molecule has 3 rings (SSSR count). The van der Waals surface area contributed by atoms with E-state index in [2.05, 4.69) is 0 Å². The molecule has 1 aromatic rings. The predicted octanol–water partition coefficient (Wildman–Crippen LogP) is 1.26. The molecule has 0 aromatic heterocycles. The summed E-state index contributed by atoms with van der Waals surface area (Å²) in [5, 5.41) is 9.32. The van der Waals surface area contributed by atoms with E-state index >= 15 is 0 Å². The van der Waals surface area contributed by atoms with Crippen LogP contribution in [-0.4, -0.2) is 16.9 Å². The fraction of sp³-hybridized carbons (Fsp3) is 0.385. The number of carbonyl (C=O) groups is 2. The zero-order valence-electron chi connectivity index (χ0n) is 9.80. The van der Waals surface area contributed by atoms with Crippen LogP contribution in [0.1, 0.15) is 19.3 Å². The summed E-state index contributed by atoms with van der Waals surface area (Å²) in [5.41, 5.74) is 6.42. The highest BCUT2D eigenvalue weighted by Crippen LogP contribution is 2.41. The Morgan fingerprint density at radius 3 is 2.33 bits per heavy atom. The van der Waals surface area contributed by atoms with E-state index in [0.717, 1.165) is 12.8 Å². The highest BCUT2D eigenvalue weighted by atomic mass is 16.3. The summed E-state index contributed by atoms with van der Waals surface area (Å²) in [4.78, 5) is 25.6. The van der Waals surface area contributed by atoms with Gasteiger partial charge in [0.25, 0.3) is 0 Å². The minimum atomic E-state index is -0.161. The van der Waals surface area contributed by atoms with Gasteiger partial charge in [-0.3, -0.25) is 9.59 Å². The quantitative estimate of drug-likeness (QED) is 0.577. The average molecular weight is 246 g/mol. The molecule has 1 saturated carbocycles. The molecule has 1 saturated heterocycles. The molecule has 1 aliphatic carbocycles. The van der Waals surface area contributed by atoms with E-state index in [9.17, 15) is 14.7 Å². The van der Waals surface area contributed by atoms with Gasteiger partial charge in [0.15, 0.2) is 0 Å². The molecular weight excluding hydrogens is 232 g/mol. The summed E-state index contributed by atoms with van der Waals surface area (Å²) >= 11 is 0. The Labute approximate surface area is 104 Å². The first-order valence-electron chi connectivity index (χ1n) is 6.04. The third-order valence-corrected chi connectivity index (χ3v) is 3.82. The monoisotopic (exact) mass is 246 g/mol. The summed E-state index contributed by atoms with van der Waals surface area (Å²) in [5.74, 6) is -0.407. The number of anilines is 2. The number of fused-ring (bicyclic) bond motifs is 2. The van der Waals surface area contributed by atoms with Crippen molar-refractivity contribution in [1.82, 2.24) is 0 Å². The molecule has 2 bridgehead atoms. The number of nitrogen functional groups attached to an aromatic ring is 1. The molecule has 2 unspecified atom stereocenters. The number of carbonyl (C=O) groups excluding carboxylic acids is 2. The summed E-state index contributed by atoms with van der Waals surface area (Å²) in [7, 11) is 0. The van der Waals surface area contributed by atoms with Crippen LogP contribution in [0.5, 0.6) is 5.75 Å². The highest BCUT2D eigenvalue weighted by Gasteiger charge is 2.46. The molecule has 0 spiro atoms. The Hall–Kier alpha value is -2.04. The average Bonchev–Trinajstić information content (AvgIpc) is 2.76. The number of piperidine rings is 1. The smallest absolute Gasteiger partial charge is 0.236 e. The normalized spacial score (nSPS) is 26.8. The number of aromatic hydroxyl groups is 1. The van der Waals surface area contributed by atoms with Crippen LogP contribution in [0.15, 0.2) is 18.2 Å². The first kappa shape index (κ1) is 11.1. The maximum absolute atomic E-state index is 12.2. The predicted molar refractivity (Wildman–Crippen MR) is 65.8 cm³/mol. The third-order valence-electron chi connectivity index (χ3n) is 3.82. The summed E-state index contributed by atoms with van der Waals surface area (Å²) < 4.78 is 0. The van der Waals surface area contributed by atoms with Crippen molar-refractivity contribution in [1.29, 1.82) is 0 Å². The maximum atomic E-state index is 12.2. The molecule has 5 heteroatoms. The molecule has 2 fully saturated rings.